The van der Waals surface area contributed by atoms with Crippen LogP contribution in [0, 0.1) is 62.1 Å². The second kappa shape index (κ2) is 15.1. The zero-order chi connectivity index (χ0) is 39.1. The Hall–Kier alpha value is -3.70. The molecule has 4 aliphatic carbocycles. The quantitative estimate of drug-likeness (QED) is 0.194. The Morgan fingerprint density at radius 2 is 1.59 bits per heavy atom. The number of fused-ring (bicyclic) bond motifs is 5. The number of aliphatic hydroxyl groups is 1. The minimum absolute atomic E-state index is 0.0393. The molecule has 8 nitrogen and oxygen atoms in total. The number of nitriles is 1. The van der Waals surface area contributed by atoms with Crippen LogP contribution in [0.4, 0.5) is 0 Å². The summed E-state index contributed by atoms with van der Waals surface area (Å²) in [6, 6.07) is 16.2. The lowest BCUT2D eigenvalue weighted by Crippen LogP contribution is -2.67. The van der Waals surface area contributed by atoms with Crippen molar-refractivity contribution in [2.24, 2.45) is 50.7 Å². The van der Waals surface area contributed by atoms with E-state index in [9.17, 15) is 19.5 Å². The van der Waals surface area contributed by atoms with E-state index in [1.807, 2.05) is 18.2 Å². The summed E-state index contributed by atoms with van der Waals surface area (Å²) in [7, 11) is 0. The molecule has 0 saturated heterocycles. The lowest BCUT2D eigenvalue weighted by atomic mass is 9.32. The molecule has 0 bridgehead atoms. The van der Waals surface area contributed by atoms with Gasteiger partial charge in [0, 0.05) is 12.1 Å². The zero-order valence-electron chi connectivity index (χ0n) is 33.8. The molecular weight excluding hydrogens is 673 g/mol. The second-order valence-electron chi connectivity index (χ2n) is 18.9. The predicted molar refractivity (Wildman–Crippen MR) is 212 cm³/mol. The minimum Gasteiger partial charge on any atom is -0.393 e. The second-order valence-corrected chi connectivity index (χ2v) is 18.9. The van der Waals surface area contributed by atoms with Crippen LogP contribution >= 0.6 is 0 Å². The third-order valence-corrected chi connectivity index (χ3v) is 16.3. The van der Waals surface area contributed by atoms with Crippen LogP contribution in [0.5, 0.6) is 0 Å². The van der Waals surface area contributed by atoms with Gasteiger partial charge in [-0.05, 0) is 145 Å². The lowest BCUT2D eigenvalue weighted by Gasteiger charge is -2.72. The van der Waals surface area contributed by atoms with Gasteiger partial charge in [0.1, 0.15) is 0 Å². The van der Waals surface area contributed by atoms with Crippen molar-refractivity contribution in [3.05, 3.63) is 70.8 Å². The molecule has 8 heteroatoms. The molecule has 2 aromatic carbocycles. The Balaban J connectivity index is 1.08. The predicted octanol–water partition coefficient (Wildman–Crippen LogP) is 8.07. The third kappa shape index (κ3) is 6.77. The van der Waals surface area contributed by atoms with Crippen LogP contribution in [0.1, 0.15) is 140 Å². The molecule has 4 N–H and O–H groups in total. The molecule has 8 unspecified atom stereocenters. The number of hydrogen-bond acceptors (Lipinski definition) is 5. The molecule has 6 rings (SSSR count). The highest BCUT2D eigenvalue weighted by molar-refractivity contribution is 5.95. The molecule has 0 spiro atoms. The van der Waals surface area contributed by atoms with E-state index in [2.05, 4.69) is 70.7 Å². The van der Waals surface area contributed by atoms with Crippen molar-refractivity contribution in [3.63, 3.8) is 0 Å². The number of amides is 3. The molecule has 3 amide bonds. The molecule has 0 aliphatic heterocycles. The zero-order valence-corrected chi connectivity index (χ0v) is 33.8. The maximum absolute atomic E-state index is 14.4. The summed E-state index contributed by atoms with van der Waals surface area (Å²) in [6.45, 7) is 17.5. The first kappa shape index (κ1) is 40.0. The molecule has 0 heterocycles. The van der Waals surface area contributed by atoms with Gasteiger partial charge in [0.2, 0.25) is 11.8 Å². The molecule has 0 aromatic heterocycles. The summed E-state index contributed by atoms with van der Waals surface area (Å²) in [4.78, 5) is 39.8. The monoisotopic (exact) mass is 736 g/mol. The van der Waals surface area contributed by atoms with E-state index >= 15 is 0 Å². The Labute approximate surface area is 323 Å². The van der Waals surface area contributed by atoms with E-state index in [1.165, 1.54) is 25.7 Å². The third-order valence-electron chi connectivity index (χ3n) is 16.3. The Kier molecular flexibility index (Phi) is 11.2. The number of nitrogens with zero attached hydrogens (tertiary/aromatic N) is 1. The fraction of sp³-hybridized carbons (Fsp3) is 0.652. The van der Waals surface area contributed by atoms with Crippen molar-refractivity contribution < 1.29 is 19.5 Å². The highest BCUT2D eigenvalue weighted by atomic mass is 16.3. The van der Waals surface area contributed by atoms with Gasteiger partial charge in [-0.3, -0.25) is 25.2 Å². The topological polar surface area (TPSA) is 131 Å². The fourth-order valence-electron chi connectivity index (χ4n) is 13.1. The lowest BCUT2D eigenvalue weighted by molar-refractivity contribution is -0.246. The van der Waals surface area contributed by atoms with Crippen LogP contribution in [0.2, 0.25) is 0 Å². The van der Waals surface area contributed by atoms with E-state index in [1.54, 1.807) is 30.3 Å². The SMILES string of the molecule is CCCC1(C(=O)NCCc2cccc(C(=O)NNC(=O)Cc3cccc(C#N)c3)c2)CC[C@]2(C)C(CCC3C4(C)CCC(O)C(C)(C)C4CCC32C)C1C. The van der Waals surface area contributed by atoms with Crippen LogP contribution in [0.3, 0.4) is 0 Å². The van der Waals surface area contributed by atoms with Gasteiger partial charge >= 0.3 is 0 Å². The first-order chi connectivity index (χ1) is 25.6. The number of nitrogens with one attached hydrogen (secondary N) is 3. The smallest absolute Gasteiger partial charge is 0.269 e. The van der Waals surface area contributed by atoms with E-state index in [-0.39, 0.29) is 51.9 Å². The number of carbonyl (C=O) groups excluding carboxylic acids is 3. The summed E-state index contributed by atoms with van der Waals surface area (Å²) in [5, 5.41) is 23.5. The summed E-state index contributed by atoms with van der Waals surface area (Å²) in [5.41, 5.74) is 7.67. The van der Waals surface area contributed by atoms with Crippen LogP contribution in [0.25, 0.3) is 0 Å². The first-order valence-corrected chi connectivity index (χ1v) is 20.7. The number of rotatable bonds is 9. The fourth-order valence-corrected chi connectivity index (χ4v) is 13.1. The van der Waals surface area contributed by atoms with Crippen LogP contribution in [0.15, 0.2) is 48.5 Å². The van der Waals surface area contributed by atoms with E-state index in [0.29, 0.717) is 47.4 Å². The van der Waals surface area contributed by atoms with E-state index in [4.69, 9.17) is 5.26 Å². The van der Waals surface area contributed by atoms with Crippen molar-refractivity contribution in [2.75, 3.05) is 6.54 Å². The van der Waals surface area contributed by atoms with Gasteiger partial charge in [0.15, 0.2) is 0 Å². The molecule has 292 valence electrons. The Bertz CT molecular complexity index is 1780. The van der Waals surface area contributed by atoms with Gasteiger partial charge in [0.25, 0.3) is 5.91 Å². The molecule has 4 fully saturated rings. The van der Waals surface area contributed by atoms with Crippen molar-refractivity contribution >= 4 is 17.7 Å². The van der Waals surface area contributed by atoms with Crippen LogP contribution < -0.4 is 16.2 Å². The van der Waals surface area contributed by atoms with Crippen molar-refractivity contribution in [1.29, 1.82) is 5.26 Å². The Morgan fingerprint density at radius 3 is 2.33 bits per heavy atom. The van der Waals surface area contributed by atoms with Crippen LogP contribution in [-0.2, 0) is 22.4 Å². The number of hydrazine groups is 1. The van der Waals surface area contributed by atoms with Gasteiger partial charge in [-0.15, -0.1) is 0 Å². The average molecular weight is 737 g/mol. The molecular formula is C46H64N4O4. The van der Waals surface area contributed by atoms with Gasteiger partial charge < -0.3 is 10.4 Å². The van der Waals surface area contributed by atoms with Crippen molar-refractivity contribution in [2.45, 2.75) is 132 Å². The molecule has 54 heavy (non-hydrogen) atoms. The van der Waals surface area contributed by atoms with Crippen molar-refractivity contribution in [3.8, 4) is 6.07 Å². The highest BCUT2D eigenvalue weighted by Crippen LogP contribution is 2.75. The first-order valence-electron chi connectivity index (χ1n) is 20.7. The van der Waals surface area contributed by atoms with Crippen molar-refractivity contribution in [1.82, 2.24) is 16.2 Å². The number of aliphatic hydroxyl groups excluding tert-OH is 1. The number of hydrogen-bond donors (Lipinski definition) is 4. The standard InChI is InChI=1S/C46H64N4O4/c1-8-20-46(24-23-44(6)35(30(46)2)15-16-37-43(5)21-18-38(51)42(3,4)36(43)17-22-45(37,44)7)41(54)48-25-19-31-11-10-14-34(27-31)40(53)50-49-39(52)28-32-12-9-13-33(26-32)29-47/h9-14,26-27,30,35-38,51H,8,15-25,28H2,1-7H3,(H,48,54)(H,49,52)(H,50,53)/t30?,35?,36?,37?,38?,43?,44-,45?,46?/m1/s1. The summed E-state index contributed by atoms with van der Waals surface area (Å²) >= 11 is 0. The Morgan fingerprint density at radius 1 is 0.852 bits per heavy atom. The maximum atomic E-state index is 14.4. The normalized spacial score (nSPS) is 35.3. The van der Waals surface area contributed by atoms with E-state index in [0.717, 1.165) is 44.1 Å². The molecule has 4 aliphatic rings. The highest BCUT2D eigenvalue weighted by Gasteiger charge is 2.69. The summed E-state index contributed by atoms with van der Waals surface area (Å²) < 4.78 is 0. The average Bonchev–Trinajstić information content (AvgIpc) is 3.14. The number of benzene rings is 2. The summed E-state index contributed by atoms with van der Waals surface area (Å²) in [5.74, 6) is 1.33. The van der Waals surface area contributed by atoms with Gasteiger partial charge in [-0.1, -0.05) is 79.2 Å². The van der Waals surface area contributed by atoms with Crippen LogP contribution in [-0.4, -0.2) is 35.5 Å². The van der Waals surface area contributed by atoms with Gasteiger partial charge in [-0.25, -0.2) is 0 Å². The molecule has 0 radical (unpaired) electrons. The molecule has 9 atom stereocenters. The number of carbonyl (C=O) groups is 3. The van der Waals surface area contributed by atoms with Gasteiger partial charge in [-0.2, -0.15) is 5.26 Å². The largest absolute Gasteiger partial charge is 0.393 e. The van der Waals surface area contributed by atoms with Gasteiger partial charge in [0.05, 0.1) is 29.6 Å². The maximum Gasteiger partial charge on any atom is 0.269 e. The summed E-state index contributed by atoms with van der Waals surface area (Å²) in [6.07, 6.45) is 11.1. The minimum atomic E-state index is -0.420. The molecule has 4 saturated carbocycles. The van der Waals surface area contributed by atoms with E-state index < -0.39 is 11.3 Å². The molecule has 2 aromatic rings.